The van der Waals surface area contributed by atoms with Gasteiger partial charge in [-0.2, -0.15) is 0 Å². The SMILES string of the molecule is COC(=O)[C@H]1C[C@@H]2OC(=O)[C@H]1C=C2c1ccc(F)cc1. The molecule has 104 valence electrons. The molecule has 0 spiro atoms. The molecule has 4 nitrogen and oxygen atoms in total. The van der Waals surface area contributed by atoms with Gasteiger partial charge in [-0.1, -0.05) is 18.2 Å². The fraction of sp³-hybridized carbons (Fsp3) is 0.333. The number of rotatable bonds is 2. The average molecular weight is 276 g/mol. The van der Waals surface area contributed by atoms with E-state index in [1.807, 2.05) is 0 Å². The molecule has 2 heterocycles. The minimum absolute atomic E-state index is 0.320. The van der Waals surface area contributed by atoms with E-state index in [2.05, 4.69) is 0 Å². The Kier molecular flexibility index (Phi) is 3.04. The summed E-state index contributed by atoms with van der Waals surface area (Å²) in [7, 11) is 1.31. The van der Waals surface area contributed by atoms with Crippen LogP contribution in [0, 0.1) is 17.7 Å². The van der Waals surface area contributed by atoms with Crippen LogP contribution in [0.5, 0.6) is 0 Å². The predicted molar refractivity (Wildman–Crippen MR) is 67.9 cm³/mol. The van der Waals surface area contributed by atoms with Gasteiger partial charge in [-0.05, 0) is 23.3 Å². The summed E-state index contributed by atoms with van der Waals surface area (Å²) < 4.78 is 23.0. The van der Waals surface area contributed by atoms with Crippen LogP contribution in [0.4, 0.5) is 4.39 Å². The van der Waals surface area contributed by atoms with Gasteiger partial charge in [0.25, 0.3) is 0 Å². The van der Waals surface area contributed by atoms with E-state index in [-0.39, 0.29) is 5.82 Å². The van der Waals surface area contributed by atoms with E-state index in [9.17, 15) is 14.0 Å². The molecule has 1 aromatic carbocycles. The third-order valence-electron chi connectivity index (χ3n) is 3.82. The highest BCUT2D eigenvalue weighted by atomic mass is 19.1. The average Bonchev–Trinajstić information content (AvgIpc) is 2.47. The molecule has 0 amide bonds. The van der Waals surface area contributed by atoms with Crippen molar-refractivity contribution in [1.29, 1.82) is 0 Å². The molecule has 1 saturated heterocycles. The number of carbonyl (C=O) groups is 2. The molecule has 3 atom stereocenters. The van der Waals surface area contributed by atoms with Crippen LogP contribution < -0.4 is 0 Å². The summed E-state index contributed by atoms with van der Waals surface area (Å²) in [5, 5.41) is 0. The van der Waals surface area contributed by atoms with Crippen molar-refractivity contribution < 1.29 is 23.5 Å². The Balaban J connectivity index is 1.96. The fourth-order valence-electron chi connectivity index (χ4n) is 2.80. The first kappa shape index (κ1) is 12.8. The molecular weight excluding hydrogens is 263 g/mol. The Morgan fingerprint density at radius 1 is 1.35 bits per heavy atom. The number of hydrogen-bond donors (Lipinski definition) is 0. The molecule has 2 aliphatic heterocycles. The zero-order chi connectivity index (χ0) is 14.3. The second-order valence-electron chi connectivity index (χ2n) is 4.95. The summed E-state index contributed by atoms with van der Waals surface area (Å²) in [6, 6.07) is 6.00. The number of benzene rings is 1. The molecule has 0 radical (unpaired) electrons. The van der Waals surface area contributed by atoms with Gasteiger partial charge in [-0.25, -0.2) is 4.39 Å². The summed E-state index contributed by atoms with van der Waals surface area (Å²) in [6.07, 6.45) is 1.68. The zero-order valence-corrected chi connectivity index (χ0v) is 10.8. The van der Waals surface area contributed by atoms with Crippen molar-refractivity contribution in [3.8, 4) is 0 Å². The predicted octanol–water partition coefficient (Wildman–Crippen LogP) is 1.94. The minimum Gasteiger partial charge on any atom is -0.469 e. The van der Waals surface area contributed by atoms with Crippen LogP contribution in [-0.4, -0.2) is 25.2 Å². The summed E-state index contributed by atoms with van der Waals surface area (Å²) in [5.74, 6) is -2.23. The molecule has 2 bridgehead atoms. The molecular formula is C15H13FO4. The molecule has 0 N–H and O–H groups in total. The third kappa shape index (κ3) is 1.99. The molecule has 0 saturated carbocycles. The van der Waals surface area contributed by atoms with Crippen molar-refractivity contribution in [1.82, 2.24) is 0 Å². The van der Waals surface area contributed by atoms with Crippen LogP contribution in [0.15, 0.2) is 30.3 Å². The van der Waals surface area contributed by atoms with Crippen molar-refractivity contribution >= 4 is 17.5 Å². The lowest BCUT2D eigenvalue weighted by molar-refractivity contribution is -0.169. The second-order valence-corrected chi connectivity index (χ2v) is 4.95. The van der Waals surface area contributed by atoms with Gasteiger partial charge in [0.15, 0.2) is 0 Å². The van der Waals surface area contributed by atoms with E-state index >= 15 is 0 Å². The van der Waals surface area contributed by atoms with E-state index in [0.717, 1.165) is 11.1 Å². The summed E-state index contributed by atoms with van der Waals surface area (Å²) in [5.41, 5.74) is 1.63. The molecule has 1 aromatic rings. The topological polar surface area (TPSA) is 52.6 Å². The van der Waals surface area contributed by atoms with Crippen LogP contribution in [0.25, 0.3) is 5.57 Å². The molecule has 0 aromatic heterocycles. The second kappa shape index (κ2) is 4.74. The largest absolute Gasteiger partial charge is 0.469 e. The highest BCUT2D eigenvalue weighted by molar-refractivity contribution is 5.91. The van der Waals surface area contributed by atoms with Crippen molar-refractivity contribution in [2.24, 2.45) is 11.8 Å². The fourth-order valence-corrected chi connectivity index (χ4v) is 2.80. The van der Waals surface area contributed by atoms with Gasteiger partial charge < -0.3 is 9.47 Å². The van der Waals surface area contributed by atoms with Crippen molar-refractivity contribution in [3.63, 3.8) is 0 Å². The number of methoxy groups -OCH3 is 1. The van der Waals surface area contributed by atoms with E-state index in [1.165, 1.54) is 19.2 Å². The molecule has 1 aliphatic carbocycles. The minimum atomic E-state index is -0.618. The van der Waals surface area contributed by atoms with E-state index in [4.69, 9.17) is 9.47 Å². The lowest BCUT2D eigenvalue weighted by atomic mass is 9.75. The lowest BCUT2D eigenvalue weighted by Crippen LogP contribution is -2.45. The van der Waals surface area contributed by atoms with E-state index in [1.54, 1.807) is 18.2 Å². The molecule has 4 rings (SSSR count). The summed E-state index contributed by atoms with van der Waals surface area (Å²) in [4.78, 5) is 23.5. The highest BCUT2D eigenvalue weighted by Crippen LogP contribution is 2.42. The normalized spacial score (nSPS) is 27.8. The Morgan fingerprint density at radius 2 is 2.05 bits per heavy atom. The number of fused-ring (bicyclic) bond motifs is 2. The van der Waals surface area contributed by atoms with Gasteiger partial charge in [0, 0.05) is 6.42 Å². The Labute approximate surface area is 115 Å². The first-order chi connectivity index (χ1) is 9.60. The van der Waals surface area contributed by atoms with Crippen molar-refractivity contribution in [3.05, 3.63) is 41.7 Å². The van der Waals surface area contributed by atoms with Gasteiger partial charge in [-0.15, -0.1) is 0 Å². The monoisotopic (exact) mass is 276 g/mol. The quantitative estimate of drug-likeness (QED) is 0.775. The standard InChI is InChI=1S/C15H13FO4/c1-19-14(17)12-7-13-10(6-11(12)15(18)20-13)8-2-4-9(16)5-3-8/h2-6,11-13H,7H2,1H3/t11-,12-,13-/m0/s1. The van der Waals surface area contributed by atoms with Crippen LogP contribution in [0.1, 0.15) is 12.0 Å². The van der Waals surface area contributed by atoms with Gasteiger partial charge in [0.1, 0.15) is 11.9 Å². The number of ether oxygens (including phenoxy) is 2. The maximum Gasteiger partial charge on any atom is 0.314 e. The first-order valence-corrected chi connectivity index (χ1v) is 6.36. The highest BCUT2D eigenvalue weighted by Gasteiger charge is 2.47. The summed E-state index contributed by atoms with van der Waals surface area (Å²) in [6.45, 7) is 0. The lowest BCUT2D eigenvalue weighted by Gasteiger charge is -2.38. The van der Waals surface area contributed by atoms with Gasteiger partial charge in [0.2, 0.25) is 0 Å². The maximum atomic E-state index is 13.0. The molecule has 20 heavy (non-hydrogen) atoms. The number of halogens is 1. The van der Waals surface area contributed by atoms with Gasteiger partial charge >= 0.3 is 11.9 Å². The molecule has 3 aliphatic rings. The number of carbonyl (C=O) groups excluding carboxylic acids is 2. The third-order valence-corrected chi connectivity index (χ3v) is 3.82. The van der Waals surface area contributed by atoms with Crippen molar-refractivity contribution in [2.45, 2.75) is 12.5 Å². The number of hydrogen-bond acceptors (Lipinski definition) is 4. The zero-order valence-electron chi connectivity index (χ0n) is 10.8. The smallest absolute Gasteiger partial charge is 0.314 e. The van der Waals surface area contributed by atoms with Gasteiger partial charge in [0.05, 0.1) is 18.9 Å². The number of esters is 2. The Morgan fingerprint density at radius 3 is 2.65 bits per heavy atom. The molecule has 5 heteroatoms. The molecule has 1 fully saturated rings. The molecule has 0 unspecified atom stereocenters. The first-order valence-electron chi connectivity index (χ1n) is 6.36. The van der Waals surface area contributed by atoms with Gasteiger partial charge in [-0.3, -0.25) is 9.59 Å². The Hall–Kier alpha value is -2.17. The maximum absolute atomic E-state index is 13.0. The Bertz CT molecular complexity index is 590. The summed E-state index contributed by atoms with van der Waals surface area (Å²) >= 11 is 0. The van der Waals surface area contributed by atoms with E-state index < -0.39 is 29.9 Å². The van der Waals surface area contributed by atoms with Crippen LogP contribution in [-0.2, 0) is 19.1 Å². The van der Waals surface area contributed by atoms with E-state index in [0.29, 0.717) is 6.42 Å². The van der Waals surface area contributed by atoms with Crippen LogP contribution >= 0.6 is 0 Å². The van der Waals surface area contributed by atoms with Crippen LogP contribution in [0.3, 0.4) is 0 Å². The van der Waals surface area contributed by atoms with Crippen LogP contribution in [0.2, 0.25) is 0 Å². The van der Waals surface area contributed by atoms with Crippen molar-refractivity contribution in [2.75, 3.05) is 7.11 Å².